The van der Waals surface area contributed by atoms with Gasteiger partial charge in [0.15, 0.2) is 5.82 Å². The zero-order valence-corrected chi connectivity index (χ0v) is 12.6. The highest BCUT2D eigenvalue weighted by Crippen LogP contribution is 2.13. The fraction of sp³-hybridized carbons (Fsp3) is 0.250. The predicted octanol–water partition coefficient (Wildman–Crippen LogP) is 2.55. The van der Waals surface area contributed by atoms with Crippen molar-refractivity contribution < 1.29 is 9.05 Å². The lowest BCUT2D eigenvalue weighted by atomic mass is 10.3. The van der Waals surface area contributed by atoms with Crippen LogP contribution in [0.1, 0.15) is 23.2 Å². The van der Waals surface area contributed by atoms with Gasteiger partial charge in [-0.25, -0.2) is 4.98 Å². The molecule has 116 valence electrons. The molecule has 0 aliphatic heterocycles. The van der Waals surface area contributed by atoms with Gasteiger partial charge in [0.2, 0.25) is 5.89 Å². The molecule has 7 nitrogen and oxygen atoms in total. The number of nitrogens with zero attached hydrogens (tertiary/aromatic N) is 5. The standard InChI is InChI=1S/C16H15N5O2/c1-11-8-12(19-22-11)9-16-18-15(20-23-16)6-7-21-10-17-13-4-2-3-5-14(13)21/h2-5,8,10H,6-7,9H2,1H3. The SMILES string of the molecule is Cc1cc(Cc2nc(CCn3cnc4ccccc43)no2)no1. The van der Waals surface area contributed by atoms with E-state index in [9.17, 15) is 0 Å². The van der Waals surface area contributed by atoms with Gasteiger partial charge in [-0.15, -0.1) is 0 Å². The molecule has 0 bridgehead atoms. The van der Waals surface area contributed by atoms with Gasteiger partial charge >= 0.3 is 0 Å². The van der Waals surface area contributed by atoms with Gasteiger partial charge in [0.1, 0.15) is 5.76 Å². The molecule has 0 spiro atoms. The van der Waals surface area contributed by atoms with Crippen LogP contribution >= 0.6 is 0 Å². The first-order valence-electron chi connectivity index (χ1n) is 7.41. The van der Waals surface area contributed by atoms with Crippen LogP contribution in [0.25, 0.3) is 11.0 Å². The van der Waals surface area contributed by atoms with Crippen LogP contribution in [0.2, 0.25) is 0 Å². The molecular weight excluding hydrogens is 294 g/mol. The Kier molecular flexibility index (Phi) is 3.38. The number of hydrogen-bond donors (Lipinski definition) is 0. The molecule has 23 heavy (non-hydrogen) atoms. The van der Waals surface area contributed by atoms with E-state index in [1.165, 1.54) is 0 Å². The van der Waals surface area contributed by atoms with Crippen molar-refractivity contribution in [3.05, 3.63) is 59.8 Å². The van der Waals surface area contributed by atoms with Gasteiger partial charge in [0, 0.05) is 19.0 Å². The summed E-state index contributed by atoms with van der Waals surface area (Å²) in [6.45, 7) is 2.60. The highest BCUT2D eigenvalue weighted by atomic mass is 16.5. The Balaban J connectivity index is 1.43. The van der Waals surface area contributed by atoms with Gasteiger partial charge in [-0.05, 0) is 19.1 Å². The molecule has 0 fully saturated rings. The first-order chi connectivity index (χ1) is 11.3. The summed E-state index contributed by atoms with van der Waals surface area (Å²) in [5, 5.41) is 7.95. The van der Waals surface area contributed by atoms with Crippen molar-refractivity contribution in [2.45, 2.75) is 26.3 Å². The van der Waals surface area contributed by atoms with E-state index >= 15 is 0 Å². The maximum atomic E-state index is 5.27. The largest absolute Gasteiger partial charge is 0.361 e. The Morgan fingerprint density at radius 3 is 2.91 bits per heavy atom. The number of imidazole rings is 1. The third-order valence-electron chi connectivity index (χ3n) is 3.62. The van der Waals surface area contributed by atoms with Crippen molar-refractivity contribution in [1.82, 2.24) is 24.8 Å². The van der Waals surface area contributed by atoms with Crippen molar-refractivity contribution in [1.29, 1.82) is 0 Å². The Morgan fingerprint density at radius 2 is 2.04 bits per heavy atom. The maximum absolute atomic E-state index is 5.27. The quantitative estimate of drug-likeness (QED) is 0.563. The summed E-state index contributed by atoms with van der Waals surface area (Å²) in [5.41, 5.74) is 2.88. The highest BCUT2D eigenvalue weighted by Gasteiger charge is 2.10. The Labute approximate surface area is 131 Å². The molecule has 0 saturated heterocycles. The molecule has 0 N–H and O–H groups in total. The number of rotatable bonds is 5. The van der Waals surface area contributed by atoms with Gasteiger partial charge in [-0.3, -0.25) is 0 Å². The molecule has 0 aliphatic rings. The molecular formula is C16H15N5O2. The summed E-state index contributed by atoms with van der Waals surface area (Å²) in [5.74, 6) is 1.99. The molecule has 0 aliphatic carbocycles. The van der Waals surface area contributed by atoms with Crippen LogP contribution in [0.4, 0.5) is 0 Å². The third-order valence-corrected chi connectivity index (χ3v) is 3.62. The van der Waals surface area contributed by atoms with Crippen LogP contribution in [0.15, 0.2) is 45.7 Å². The van der Waals surface area contributed by atoms with Gasteiger partial charge in [-0.1, -0.05) is 22.4 Å². The van der Waals surface area contributed by atoms with Gasteiger partial charge in [-0.2, -0.15) is 4.98 Å². The van der Waals surface area contributed by atoms with Crippen molar-refractivity contribution >= 4 is 11.0 Å². The zero-order chi connectivity index (χ0) is 15.6. The summed E-state index contributed by atoms with van der Waals surface area (Å²) in [7, 11) is 0. The van der Waals surface area contributed by atoms with E-state index in [0.717, 1.165) is 29.0 Å². The maximum Gasteiger partial charge on any atom is 0.232 e. The molecule has 1 aromatic carbocycles. The topological polar surface area (TPSA) is 82.8 Å². The average Bonchev–Trinajstić information content (AvgIpc) is 3.26. The molecule has 0 saturated carbocycles. The van der Waals surface area contributed by atoms with Crippen molar-refractivity contribution in [2.24, 2.45) is 0 Å². The van der Waals surface area contributed by atoms with Crippen molar-refractivity contribution in [2.75, 3.05) is 0 Å². The predicted molar refractivity (Wildman–Crippen MR) is 81.8 cm³/mol. The monoisotopic (exact) mass is 309 g/mol. The second kappa shape index (κ2) is 5.68. The fourth-order valence-corrected chi connectivity index (χ4v) is 2.53. The number of fused-ring (bicyclic) bond motifs is 1. The summed E-state index contributed by atoms with van der Waals surface area (Å²) >= 11 is 0. The van der Waals surface area contributed by atoms with Crippen LogP contribution in [-0.2, 0) is 19.4 Å². The normalized spacial score (nSPS) is 11.3. The first kappa shape index (κ1) is 13.7. The van der Waals surface area contributed by atoms with E-state index in [4.69, 9.17) is 9.05 Å². The molecule has 4 aromatic rings. The minimum absolute atomic E-state index is 0.484. The van der Waals surface area contributed by atoms with E-state index in [2.05, 4.69) is 30.9 Å². The fourth-order valence-electron chi connectivity index (χ4n) is 2.53. The molecule has 7 heteroatoms. The van der Waals surface area contributed by atoms with Gasteiger partial charge < -0.3 is 13.6 Å². The number of hydrogen-bond acceptors (Lipinski definition) is 6. The molecule has 0 radical (unpaired) electrons. The van der Waals surface area contributed by atoms with Gasteiger partial charge in [0.25, 0.3) is 0 Å². The lowest BCUT2D eigenvalue weighted by Crippen LogP contribution is -2.01. The average molecular weight is 309 g/mol. The Morgan fingerprint density at radius 1 is 1.13 bits per heavy atom. The molecule has 4 rings (SSSR count). The van der Waals surface area contributed by atoms with Crippen LogP contribution in [0, 0.1) is 6.92 Å². The van der Waals surface area contributed by atoms with E-state index < -0.39 is 0 Å². The number of para-hydroxylation sites is 2. The molecule has 3 heterocycles. The summed E-state index contributed by atoms with van der Waals surface area (Å²) < 4.78 is 12.4. The highest BCUT2D eigenvalue weighted by molar-refractivity contribution is 5.74. The first-order valence-corrected chi connectivity index (χ1v) is 7.41. The Bertz CT molecular complexity index is 937. The minimum Gasteiger partial charge on any atom is -0.361 e. The number of benzene rings is 1. The van der Waals surface area contributed by atoms with Crippen LogP contribution in [0.5, 0.6) is 0 Å². The second-order valence-electron chi connectivity index (χ2n) is 5.39. The molecule has 0 amide bonds. The zero-order valence-electron chi connectivity index (χ0n) is 12.6. The molecule has 3 aromatic heterocycles. The molecule has 0 atom stereocenters. The van der Waals surface area contributed by atoms with Gasteiger partial charge in [0.05, 0.1) is 29.5 Å². The second-order valence-corrected chi connectivity index (χ2v) is 5.39. The summed E-state index contributed by atoms with van der Waals surface area (Å²) in [6.07, 6.45) is 3.00. The van der Waals surface area contributed by atoms with E-state index in [-0.39, 0.29) is 0 Å². The van der Waals surface area contributed by atoms with E-state index in [0.29, 0.717) is 24.6 Å². The number of aromatic nitrogens is 5. The Hall–Kier alpha value is -2.96. The van der Waals surface area contributed by atoms with Crippen LogP contribution in [-0.4, -0.2) is 24.8 Å². The van der Waals surface area contributed by atoms with Crippen LogP contribution < -0.4 is 0 Å². The molecule has 0 unspecified atom stereocenters. The van der Waals surface area contributed by atoms with Crippen molar-refractivity contribution in [3.8, 4) is 0 Å². The minimum atomic E-state index is 0.484. The van der Waals surface area contributed by atoms with E-state index in [1.807, 2.05) is 37.5 Å². The summed E-state index contributed by atoms with van der Waals surface area (Å²) in [6, 6.07) is 9.90. The van der Waals surface area contributed by atoms with Crippen LogP contribution in [0.3, 0.4) is 0 Å². The third kappa shape index (κ3) is 2.85. The smallest absolute Gasteiger partial charge is 0.232 e. The summed E-state index contributed by atoms with van der Waals surface area (Å²) in [4.78, 5) is 8.78. The number of aryl methyl sites for hydroxylation is 3. The lowest BCUT2D eigenvalue weighted by molar-refractivity contribution is 0.367. The van der Waals surface area contributed by atoms with Crippen molar-refractivity contribution in [3.63, 3.8) is 0 Å². The van der Waals surface area contributed by atoms with E-state index in [1.54, 1.807) is 0 Å². The lowest BCUT2D eigenvalue weighted by Gasteiger charge is -2.00.